The third-order valence-electron chi connectivity index (χ3n) is 3.04. The molecular formula is C15H18N2O2. The number of benzene rings is 1. The average molecular weight is 258 g/mol. The highest BCUT2D eigenvalue weighted by atomic mass is 16.5. The van der Waals surface area contributed by atoms with Gasteiger partial charge in [-0.05, 0) is 36.2 Å². The number of hydrogen-bond donors (Lipinski definition) is 1. The minimum Gasteiger partial charge on any atom is -0.465 e. The van der Waals surface area contributed by atoms with Crippen molar-refractivity contribution in [2.75, 3.05) is 7.11 Å². The van der Waals surface area contributed by atoms with Crippen molar-refractivity contribution in [2.24, 2.45) is 5.73 Å². The molecule has 0 spiro atoms. The smallest absolute Gasteiger partial charge is 0.337 e. The zero-order chi connectivity index (χ0) is 13.8. The molecule has 0 amide bonds. The molecule has 4 nitrogen and oxygen atoms in total. The molecule has 0 bridgehead atoms. The number of aromatic nitrogens is 1. The molecule has 0 saturated heterocycles. The van der Waals surface area contributed by atoms with E-state index in [0.717, 1.165) is 17.7 Å². The molecule has 0 saturated carbocycles. The predicted octanol–water partition coefficient (Wildman–Crippen LogP) is 2.34. The summed E-state index contributed by atoms with van der Waals surface area (Å²) >= 11 is 0. The van der Waals surface area contributed by atoms with Crippen LogP contribution in [0.5, 0.6) is 0 Å². The molecule has 19 heavy (non-hydrogen) atoms. The second-order valence-electron chi connectivity index (χ2n) is 4.59. The molecular weight excluding hydrogens is 240 g/mol. The van der Waals surface area contributed by atoms with Gasteiger partial charge in [0.1, 0.15) is 0 Å². The van der Waals surface area contributed by atoms with Crippen LogP contribution in [0.2, 0.25) is 0 Å². The number of rotatable bonds is 4. The van der Waals surface area contributed by atoms with Gasteiger partial charge in [-0.1, -0.05) is 12.1 Å². The number of methoxy groups -OCH3 is 1. The van der Waals surface area contributed by atoms with E-state index in [0.29, 0.717) is 5.56 Å². The maximum Gasteiger partial charge on any atom is 0.337 e. The Balaban J connectivity index is 2.08. The summed E-state index contributed by atoms with van der Waals surface area (Å²) < 4.78 is 6.74. The third-order valence-corrected chi connectivity index (χ3v) is 3.04. The van der Waals surface area contributed by atoms with E-state index in [1.165, 1.54) is 7.11 Å². The van der Waals surface area contributed by atoms with Crippen molar-refractivity contribution >= 4 is 5.97 Å². The van der Waals surface area contributed by atoms with Crippen LogP contribution in [0, 0.1) is 0 Å². The van der Waals surface area contributed by atoms with E-state index in [9.17, 15) is 4.79 Å². The highest BCUT2D eigenvalue weighted by molar-refractivity contribution is 5.89. The van der Waals surface area contributed by atoms with Crippen LogP contribution in [-0.4, -0.2) is 17.6 Å². The van der Waals surface area contributed by atoms with Crippen LogP contribution in [0.1, 0.15) is 34.5 Å². The molecule has 1 aromatic heterocycles. The van der Waals surface area contributed by atoms with Gasteiger partial charge >= 0.3 is 5.97 Å². The molecule has 1 atom stereocenters. The SMILES string of the molecule is COC(=O)c1ccc(Cn2ccc(C(C)N)c2)cc1. The first-order valence-corrected chi connectivity index (χ1v) is 6.18. The van der Waals surface area contributed by atoms with E-state index in [2.05, 4.69) is 9.30 Å². The number of ether oxygens (including phenoxy) is 1. The summed E-state index contributed by atoms with van der Waals surface area (Å²) in [4.78, 5) is 11.3. The summed E-state index contributed by atoms with van der Waals surface area (Å²) in [6.45, 7) is 2.72. The topological polar surface area (TPSA) is 57.2 Å². The summed E-state index contributed by atoms with van der Waals surface area (Å²) in [5.74, 6) is -0.313. The second-order valence-corrected chi connectivity index (χ2v) is 4.59. The molecule has 1 aromatic carbocycles. The second kappa shape index (κ2) is 5.71. The Bertz CT molecular complexity index is 556. The van der Waals surface area contributed by atoms with Crippen molar-refractivity contribution < 1.29 is 9.53 Å². The maximum atomic E-state index is 11.3. The lowest BCUT2D eigenvalue weighted by molar-refractivity contribution is 0.0600. The zero-order valence-electron chi connectivity index (χ0n) is 11.2. The van der Waals surface area contributed by atoms with E-state index in [4.69, 9.17) is 5.73 Å². The summed E-state index contributed by atoms with van der Waals surface area (Å²) in [7, 11) is 1.38. The van der Waals surface area contributed by atoms with Crippen LogP contribution in [0.15, 0.2) is 42.7 Å². The van der Waals surface area contributed by atoms with Crippen LogP contribution in [0.3, 0.4) is 0 Å². The minimum absolute atomic E-state index is 0.0444. The summed E-state index contributed by atoms with van der Waals surface area (Å²) in [5, 5.41) is 0. The van der Waals surface area contributed by atoms with Crippen molar-refractivity contribution in [3.63, 3.8) is 0 Å². The monoisotopic (exact) mass is 258 g/mol. The molecule has 0 aliphatic carbocycles. The maximum absolute atomic E-state index is 11.3. The fraction of sp³-hybridized carbons (Fsp3) is 0.267. The van der Waals surface area contributed by atoms with Gasteiger partial charge in [0.05, 0.1) is 12.7 Å². The molecule has 2 N–H and O–H groups in total. The van der Waals surface area contributed by atoms with E-state index in [1.807, 2.05) is 37.5 Å². The van der Waals surface area contributed by atoms with Gasteiger partial charge in [-0.15, -0.1) is 0 Å². The molecule has 1 unspecified atom stereocenters. The lowest BCUT2D eigenvalue weighted by Crippen LogP contribution is -2.04. The zero-order valence-corrected chi connectivity index (χ0v) is 11.2. The van der Waals surface area contributed by atoms with Gasteiger partial charge in [0.15, 0.2) is 0 Å². The molecule has 0 radical (unpaired) electrons. The molecule has 0 aliphatic heterocycles. The van der Waals surface area contributed by atoms with Crippen molar-refractivity contribution in [2.45, 2.75) is 19.5 Å². The van der Waals surface area contributed by atoms with Gasteiger partial charge in [0, 0.05) is 25.0 Å². The van der Waals surface area contributed by atoms with Gasteiger partial charge in [0.25, 0.3) is 0 Å². The Morgan fingerprint density at radius 2 is 2.00 bits per heavy atom. The molecule has 0 fully saturated rings. The fourth-order valence-electron chi connectivity index (χ4n) is 1.90. The molecule has 2 rings (SSSR count). The van der Waals surface area contributed by atoms with Crippen molar-refractivity contribution in [3.8, 4) is 0 Å². The lowest BCUT2D eigenvalue weighted by atomic mass is 10.1. The summed E-state index contributed by atoms with van der Waals surface area (Å²) in [6.07, 6.45) is 4.05. The summed E-state index contributed by atoms with van der Waals surface area (Å²) in [6, 6.07) is 9.47. The highest BCUT2D eigenvalue weighted by Gasteiger charge is 2.05. The van der Waals surface area contributed by atoms with Crippen LogP contribution in [0.25, 0.3) is 0 Å². The van der Waals surface area contributed by atoms with Crippen molar-refractivity contribution in [1.29, 1.82) is 0 Å². The van der Waals surface area contributed by atoms with E-state index in [-0.39, 0.29) is 12.0 Å². The molecule has 0 aliphatic rings. The van der Waals surface area contributed by atoms with Gasteiger partial charge in [-0.2, -0.15) is 0 Å². The number of nitrogens with zero attached hydrogens (tertiary/aromatic N) is 1. The normalized spacial score (nSPS) is 12.2. The Morgan fingerprint density at radius 3 is 2.53 bits per heavy atom. The van der Waals surface area contributed by atoms with Gasteiger partial charge in [-0.3, -0.25) is 0 Å². The number of carbonyl (C=O) groups excluding carboxylic acids is 1. The van der Waals surface area contributed by atoms with E-state index < -0.39 is 0 Å². The van der Waals surface area contributed by atoms with Crippen LogP contribution >= 0.6 is 0 Å². The average Bonchev–Trinajstić information content (AvgIpc) is 2.87. The van der Waals surface area contributed by atoms with E-state index in [1.54, 1.807) is 12.1 Å². The van der Waals surface area contributed by atoms with Gasteiger partial charge < -0.3 is 15.0 Å². The number of esters is 1. The van der Waals surface area contributed by atoms with Crippen molar-refractivity contribution in [3.05, 3.63) is 59.4 Å². The molecule has 4 heteroatoms. The van der Waals surface area contributed by atoms with E-state index >= 15 is 0 Å². The Labute approximate surface area is 112 Å². The Morgan fingerprint density at radius 1 is 1.32 bits per heavy atom. The number of carbonyl (C=O) groups is 1. The largest absolute Gasteiger partial charge is 0.465 e. The molecule has 100 valence electrons. The van der Waals surface area contributed by atoms with Crippen LogP contribution in [-0.2, 0) is 11.3 Å². The van der Waals surface area contributed by atoms with Gasteiger partial charge in [0.2, 0.25) is 0 Å². The van der Waals surface area contributed by atoms with Crippen LogP contribution in [0.4, 0.5) is 0 Å². The number of nitrogens with two attached hydrogens (primary N) is 1. The Kier molecular flexibility index (Phi) is 4.02. The van der Waals surface area contributed by atoms with Gasteiger partial charge in [-0.25, -0.2) is 4.79 Å². The first-order chi connectivity index (χ1) is 9.10. The molecule has 2 aromatic rings. The first-order valence-electron chi connectivity index (χ1n) is 6.18. The van der Waals surface area contributed by atoms with Crippen LogP contribution < -0.4 is 5.73 Å². The molecule has 1 heterocycles. The number of hydrogen-bond acceptors (Lipinski definition) is 3. The predicted molar refractivity (Wildman–Crippen MR) is 73.9 cm³/mol. The third kappa shape index (κ3) is 3.23. The first kappa shape index (κ1) is 13.4. The Hall–Kier alpha value is -2.07. The minimum atomic E-state index is -0.313. The fourth-order valence-corrected chi connectivity index (χ4v) is 1.90. The standard InChI is InChI=1S/C15H18N2O2/c1-11(16)14-7-8-17(10-14)9-12-3-5-13(6-4-12)15(18)19-2/h3-8,10-11H,9,16H2,1-2H3. The quantitative estimate of drug-likeness (QED) is 0.856. The van der Waals surface area contributed by atoms with Crippen molar-refractivity contribution in [1.82, 2.24) is 4.57 Å². The lowest BCUT2D eigenvalue weighted by Gasteiger charge is -2.05. The highest BCUT2D eigenvalue weighted by Crippen LogP contribution is 2.12. The summed E-state index contributed by atoms with van der Waals surface area (Å²) in [5.41, 5.74) is 8.63.